The first-order valence-electron chi connectivity index (χ1n) is 5.49. The van der Waals surface area contributed by atoms with Crippen molar-refractivity contribution in [3.8, 4) is 11.5 Å². The van der Waals surface area contributed by atoms with E-state index in [0.717, 1.165) is 11.1 Å². The number of nitrogens with one attached hydrogen (secondary N) is 1. The van der Waals surface area contributed by atoms with E-state index in [1.165, 1.54) is 13.2 Å². The molecule has 1 aromatic carbocycles. The lowest BCUT2D eigenvalue weighted by Gasteiger charge is -2.11. The molecule has 0 unspecified atom stereocenters. The summed E-state index contributed by atoms with van der Waals surface area (Å²) in [5.74, 6) is 0.334. The van der Waals surface area contributed by atoms with Crippen LogP contribution in [0.4, 0.5) is 8.78 Å². The summed E-state index contributed by atoms with van der Waals surface area (Å²) < 4.78 is 33.6. The van der Waals surface area contributed by atoms with Crippen LogP contribution in [0.5, 0.6) is 11.5 Å². The predicted molar refractivity (Wildman–Crippen MR) is 66.1 cm³/mol. The fourth-order valence-corrected chi connectivity index (χ4v) is 1.44. The Morgan fingerprint density at radius 2 is 2.11 bits per heavy atom. The number of rotatable bonds is 7. The van der Waals surface area contributed by atoms with E-state index >= 15 is 0 Å². The lowest BCUT2D eigenvalue weighted by Crippen LogP contribution is -2.15. The highest BCUT2D eigenvalue weighted by Gasteiger charge is 2.10. The fraction of sp³-hybridized carbons (Fsp3) is 0.385. The van der Waals surface area contributed by atoms with E-state index in [9.17, 15) is 8.78 Å². The molecule has 0 atom stereocenters. The summed E-state index contributed by atoms with van der Waals surface area (Å²) in [6.07, 6.45) is 0. The van der Waals surface area contributed by atoms with Gasteiger partial charge in [0.2, 0.25) is 0 Å². The molecular weight excluding hydrogens is 240 g/mol. The summed E-state index contributed by atoms with van der Waals surface area (Å²) in [6.45, 7) is 4.16. The SMILES string of the molecule is C=C(C)CNCc1ccc(OC(F)F)c(OC)c1. The maximum absolute atomic E-state index is 12.1. The van der Waals surface area contributed by atoms with Gasteiger partial charge in [0.1, 0.15) is 0 Å². The van der Waals surface area contributed by atoms with E-state index in [-0.39, 0.29) is 5.75 Å². The molecule has 3 nitrogen and oxygen atoms in total. The Kier molecular flexibility index (Phi) is 5.58. The molecule has 100 valence electrons. The van der Waals surface area contributed by atoms with Crippen LogP contribution in [0.15, 0.2) is 30.4 Å². The molecule has 0 aliphatic heterocycles. The second-order valence-electron chi connectivity index (χ2n) is 3.92. The lowest BCUT2D eigenvalue weighted by atomic mass is 10.2. The third-order valence-corrected chi connectivity index (χ3v) is 2.20. The van der Waals surface area contributed by atoms with E-state index in [1.54, 1.807) is 12.1 Å². The zero-order valence-electron chi connectivity index (χ0n) is 10.5. The third-order valence-electron chi connectivity index (χ3n) is 2.20. The number of benzene rings is 1. The van der Waals surface area contributed by atoms with Gasteiger partial charge in [-0.1, -0.05) is 18.2 Å². The fourth-order valence-electron chi connectivity index (χ4n) is 1.44. The first-order chi connectivity index (χ1) is 8.52. The molecule has 0 aliphatic rings. The van der Waals surface area contributed by atoms with Crippen molar-refractivity contribution in [2.75, 3.05) is 13.7 Å². The molecule has 0 saturated heterocycles. The van der Waals surface area contributed by atoms with Crippen molar-refractivity contribution >= 4 is 0 Å². The summed E-state index contributed by atoms with van der Waals surface area (Å²) in [5.41, 5.74) is 1.95. The topological polar surface area (TPSA) is 30.5 Å². The van der Waals surface area contributed by atoms with Gasteiger partial charge in [0.25, 0.3) is 0 Å². The number of ether oxygens (including phenoxy) is 2. The Hall–Kier alpha value is -1.62. The first kappa shape index (κ1) is 14.4. The van der Waals surface area contributed by atoms with Crippen molar-refractivity contribution in [3.05, 3.63) is 35.9 Å². The van der Waals surface area contributed by atoms with Gasteiger partial charge in [0.15, 0.2) is 11.5 Å². The van der Waals surface area contributed by atoms with Gasteiger partial charge < -0.3 is 14.8 Å². The molecule has 0 amide bonds. The quantitative estimate of drug-likeness (QED) is 0.762. The van der Waals surface area contributed by atoms with Crippen LogP contribution < -0.4 is 14.8 Å². The second kappa shape index (κ2) is 6.96. The Balaban J connectivity index is 2.69. The van der Waals surface area contributed by atoms with E-state index in [0.29, 0.717) is 18.8 Å². The second-order valence-corrected chi connectivity index (χ2v) is 3.92. The van der Waals surface area contributed by atoms with Crippen molar-refractivity contribution < 1.29 is 18.3 Å². The van der Waals surface area contributed by atoms with E-state index in [2.05, 4.69) is 16.6 Å². The van der Waals surface area contributed by atoms with Crippen LogP contribution in [0.3, 0.4) is 0 Å². The standard InChI is InChI=1S/C13H17F2NO2/c1-9(2)7-16-8-10-4-5-11(18-13(14)15)12(6-10)17-3/h4-6,13,16H,1,7-8H2,2-3H3. The normalized spacial score (nSPS) is 10.5. The molecule has 1 rings (SSSR count). The highest BCUT2D eigenvalue weighted by atomic mass is 19.3. The highest BCUT2D eigenvalue weighted by molar-refractivity contribution is 5.42. The Morgan fingerprint density at radius 3 is 2.67 bits per heavy atom. The molecule has 18 heavy (non-hydrogen) atoms. The summed E-state index contributed by atoms with van der Waals surface area (Å²) in [5, 5.41) is 3.17. The van der Waals surface area contributed by atoms with Crippen molar-refractivity contribution in [1.29, 1.82) is 0 Å². The third kappa shape index (κ3) is 4.71. The molecule has 0 aliphatic carbocycles. The number of halogens is 2. The predicted octanol–water partition coefficient (Wildman–Crippen LogP) is 2.96. The highest BCUT2D eigenvalue weighted by Crippen LogP contribution is 2.29. The largest absolute Gasteiger partial charge is 0.493 e. The molecule has 5 heteroatoms. The van der Waals surface area contributed by atoms with Gasteiger partial charge in [0, 0.05) is 13.1 Å². The van der Waals surface area contributed by atoms with Crippen LogP contribution in [0.25, 0.3) is 0 Å². The van der Waals surface area contributed by atoms with Crippen LogP contribution in [-0.2, 0) is 6.54 Å². The van der Waals surface area contributed by atoms with Gasteiger partial charge >= 0.3 is 6.61 Å². The van der Waals surface area contributed by atoms with Crippen molar-refractivity contribution in [1.82, 2.24) is 5.32 Å². The molecular formula is C13H17F2NO2. The minimum atomic E-state index is -2.86. The van der Waals surface area contributed by atoms with Crippen LogP contribution in [0.1, 0.15) is 12.5 Å². The number of alkyl halides is 2. The van der Waals surface area contributed by atoms with Crippen LogP contribution in [0.2, 0.25) is 0 Å². The average molecular weight is 257 g/mol. The molecule has 1 aromatic rings. The van der Waals surface area contributed by atoms with Gasteiger partial charge in [0.05, 0.1) is 7.11 Å². The molecule has 0 heterocycles. The van der Waals surface area contributed by atoms with E-state index in [1.807, 2.05) is 6.92 Å². The Bertz CT molecular complexity index is 408. The number of methoxy groups -OCH3 is 1. The lowest BCUT2D eigenvalue weighted by molar-refractivity contribution is -0.0512. The van der Waals surface area contributed by atoms with Gasteiger partial charge in [-0.15, -0.1) is 0 Å². The van der Waals surface area contributed by atoms with Gasteiger partial charge in [-0.05, 0) is 24.6 Å². The minimum Gasteiger partial charge on any atom is -0.493 e. The van der Waals surface area contributed by atoms with Crippen molar-refractivity contribution in [2.24, 2.45) is 0 Å². The minimum absolute atomic E-state index is 0.0381. The van der Waals surface area contributed by atoms with E-state index in [4.69, 9.17) is 4.74 Å². The molecule has 0 bridgehead atoms. The van der Waals surface area contributed by atoms with Crippen molar-refractivity contribution in [2.45, 2.75) is 20.1 Å². The number of hydrogen-bond donors (Lipinski definition) is 1. The molecule has 0 aromatic heterocycles. The molecule has 1 N–H and O–H groups in total. The molecule has 0 radical (unpaired) electrons. The average Bonchev–Trinajstić information content (AvgIpc) is 2.29. The van der Waals surface area contributed by atoms with Gasteiger partial charge in [-0.25, -0.2) is 0 Å². The summed E-state index contributed by atoms with van der Waals surface area (Å²) in [4.78, 5) is 0. The summed E-state index contributed by atoms with van der Waals surface area (Å²) >= 11 is 0. The van der Waals surface area contributed by atoms with Gasteiger partial charge in [-0.2, -0.15) is 8.78 Å². The Morgan fingerprint density at radius 1 is 1.39 bits per heavy atom. The number of hydrogen-bond acceptors (Lipinski definition) is 3. The molecule has 0 saturated carbocycles. The summed E-state index contributed by atoms with van der Waals surface area (Å²) in [6, 6.07) is 4.86. The van der Waals surface area contributed by atoms with Crippen molar-refractivity contribution in [3.63, 3.8) is 0 Å². The molecule has 0 fully saturated rings. The van der Waals surface area contributed by atoms with Crippen LogP contribution in [-0.4, -0.2) is 20.3 Å². The molecule has 0 spiro atoms. The first-order valence-corrected chi connectivity index (χ1v) is 5.49. The maximum Gasteiger partial charge on any atom is 0.387 e. The Labute approximate surface area is 105 Å². The zero-order valence-corrected chi connectivity index (χ0v) is 10.5. The van der Waals surface area contributed by atoms with Crippen LogP contribution in [0, 0.1) is 0 Å². The van der Waals surface area contributed by atoms with Crippen LogP contribution >= 0.6 is 0 Å². The van der Waals surface area contributed by atoms with E-state index < -0.39 is 6.61 Å². The van der Waals surface area contributed by atoms with Gasteiger partial charge in [-0.3, -0.25) is 0 Å². The monoisotopic (exact) mass is 257 g/mol. The smallest absolute Gasteiger partial charge is 0.387 e. The summed E-state index contributed by atoms with van der Waals surface area (Å²) in [7, 11) is 1.42. The maximum atomic E-state index is 12.1. The zero-order chi connectivity index (χ0) is 13.5.